The largest absolute Gasteiger partial charge is 0.312 e. The number of rotatable bonds is 7. The first-order chi connectivity index (χ1) is 14.6. The monoisotopic (exact) mass is 429 g/mol. The van der Waals surface area contributed by atoms with Gasteiger partial charge in [0, 0.05) is 12.1 Å². The minimum atomic E-state index is 0.638. The maximum Gasteiger partial charge on any atom is 0.00724 e. The van der Waals surface area contributed by atoms with Crippen molar-refractivity contribution in [3.05, 3.63) is 0 Å². The fourth-order valence-corrected chi connectivity index (χ4v) is 9.91. The van der Waals surface area contributed by atoms with Crippen LogP contribution in [-0.4, -0.2) is 12.1 Å². The molecule has 0 aliphatic heterocycles. The summed E-state index contributed by atoms with van der Waals surface area (Å²) in [6.07, 6.45) is 18.0. The van der Waals surface area contributed by atoms with Crippen molar-refractivity contribution in [1.82, 2.24) is 5.32 Å². The van der Waals surface area contributed by atoms with Crippen LogP contribution in [0, 0.1) is 52.3 Å². The van der Waals surface area contributed by atoms with Gasteiger partial charge < -0.3 is 5.32 Å². The molecule has 1 nitrogen and oxygen atoms in total. The molecule has 9 atom stereocenters. The van der Waals surface area contributed by atoms with Crippen molar-refractivity contribution in [3.63, 3.8) is 0 Å². The van der Waals surface area contributed by atoms with E-state index in [4.69, 9.17) is 0 Å². The average molecular weight is 430 g/mol. The van der Waals surface area contributed by atoms with Gasteiger partial charge in [0.25, 0.3) is 0 Å². The van der Waals surface area contributed by atoms with Gasteiger partial charge in [0.05, 0.1) is 0 Å². The summed E-state index contributed by atoms with van der Waals surface area (Å²) in [5.74, 6) is 6.90. The Morgan fingerprint density at radius 2 is 1.48 bits per heavy atom. The van der Waals surface area contributed by atoms with Gasteiger partial charge in [-0.2, -0.15) is 0 Å². The fraction of sp³-hybridized carbons (Fsp3) is 1.00. The highest BCUT2D eigenvalue weighted by atomic mass is 14.9. The molecule has 0 aromatic heterocycles. The van der Waals surface area contributed by atoms with Gasteiger partial charge in [-0.1, -0.05) is 67.7 Å². The SMILES string of the molecule is CC(C)CCCC(C)C1CCC2C3CCC4CC(NC(C)C)CCC4(C)C3CCC12C. The third kappa shape index (κ3) is 4.52. The van der Waals surface area contributed by atoms with Crippen molar-refractivity contribution in [2.24, 2.45) is 52.3 Å². The van der Waals surface area contributed by atoms with Crippen molar-refractivity contribution in [3.8, 4) is 0 Å². The highest BCUT2D eigenvalue weighted by Crippen LogP contribution is 2.68. The van der Waals surface area contributed by atoms with Crippen molar-refractivity contribution >= 4 is 0 Å². The van der Waals surface area contributed by atoms with Crippen LogP contribution in [0.2, 0.25) is 0 Å². The topological polar surface area (TPSA) is 12.0 Å². The lowest BCUT2D eigenvalue weighted by Gasteiger charge is -2.61. The van der Waals surface area contributed by atoms with Crippen molar-refractivity contribution in [2.45, 2.75) is 138 Å². The van der Waals surface area contributed by atoms with E-state index < -0.39 is 0 Å². The number of nitrogens with one attached hydrogen (secondary N) is 1. The number of fused-ring (bicyclic) bond motifs is 5. The van der Waals surface area contributed by atoms with Gasteiger partial charge in [0.2, 0.25) is 0 Å². The molecule has 0 spiro atoms. The first kappa shape index (κ1) is 24.1. The lowest BCUT2D eigenvalue weighted by atomic mass is 9.44. The second-order valence-corrected chi connectivity index (χ2v) is 14.0. The molecule has 0 aromatic rings. The molecule has 1 N–H and O–H groups in total. The molecule has 4 fully saturated rings. The number of hydrogen-bond acceptors (Lipinski definition) is 1. The Morgan fingerprint density at radius 3 is 2.19 bits per heavy atom. The van der Waals surface area contributed by atoms with E-state index in [-0.39, 0.29) is 0 Å². The Morgan fingerprint density at radius 1 is 0.774 bits per heavy atom. The van der Waals surface area contributed by atoms with Crippen LogP contribution in [0.1, 0.15) is 126 Å². The zero-order valence-corrected chi connectivity index (χ0v) is 22.2. The number of hydrogen-bond donors (Lipinski definition) is 1. The third-order valence-electron chi connectivity index (χ3n) is 11.4. The van der Waals surface area contributed by atoms with Gasteiger partial charge in [-0.25, -0.2) is 0 Å². The lowest BCUT2D eigenvalue weighted by Crippen LogP contribution is -2.55. The van der Waals surface area contributed by atoms with Gasteiger partial charge in [-0.15, -0.1) is 0 Å². The van der Waals surface area contributed by atoms with Crippen LogP contribution >= 0.6 is 0 Å². The molecule has 4 aliphatic carbocycles. The highest BCUT2D eigenvalue weighted by Gasteiger charge is 2.60. The molecule has 4 aliphatic rings. The van der Waals surface area contributed by atoms with Crippen LogP contribution in [-0.2, 0) is 0 Å². The summed E-state index contributed by atoms with van der Waals surface area (Å²) in [5.41, 5.74) is 1.29. The summed E-state index contributed by atoms with van der Waals surface area (Å²) in [6, 6.07) is 1.42. The van der Waals surface area contributed by atoms with Crippen LogP contribution in [0.3, 0.4) is 0 Å². The molecule has 0 aromatic carbocycles. The minimum Gasteiger partial charge on any atom is -0.312 e. The Labute approximate surface area is 195 Å². The van der Waals surface area contributed by atoms with E-state index in [1.807, 2.05) is 0 Å². The van der Waals surface area contributed by atoms with Gasteiger partial charge in [-0.05, 0) is 110 Å². The normalized spacial score (nSPS) is 46.0. The van der Waals surface area contributed by atoms with E-state index in [0.717, 1.165) is 47.5 Å². The molecule has 4 rings (SSSR count). The van der Waals surface area contributed by atoms with E-state index in [1.165, 1.54) is 57.8 Å². The van der Waals surface area contributed by atoms with E-state index in [9.17, 15) is 0 Å². The molecule has 0 heterocycles. The van der Waals surface area contributed by atoms with E-state index in [1.54, 1.807) is 19.3 Å². The van der Waals surface area contributed by atoms with Crippen molar-refractivity contribution < 1.29 is 0 Å². The maximum atomic E-state index is 3.89. The van der Waals surface area contributed by atoms with Crippen LogP contribution in [0.4, 0.5) is 0 Å². The smallest absolute Gasteiger partial charge is 0.00724 e. The Hall–Kier alpha value is -0.0400. The molecule has 0 amide bonds. The Kier molecular flexibility index (Phi) is 7.23. The van der Waals surface area contributed by atoms with Crippen molar-refractivity contribution in [1.29, 1.82) is 0 Å². The summed E-state index contributed by atoms with van der Waals surface area (Å²) >= 11 is 0. The molecule has 180 valence electrons. The molecular weight excluding hydrogens is 374 g/mol. The molecular formula is C30H55N. The predicted molar refractivity (Wildman–Crippen MR) is 135 cm³/mol. The molecule has 0 bridgehead atoms. The second-order valence-electron chi connectivity index (χ2n) is 14.0. The molecule has 4 saturated carbocycles. The van der Waals surface area contributed by atoms with E-state index >= 15 is 0 Å². The summed E-state index contributed by atoms with van der Waals surface area (Å²) in [4.78, 5) is 0. The van der Waals surface area contributed by atoms with Crippen LogP contribution in [0.15, 0.2) is 0 Å². The summed E-state index contributed by atoms with van der Waals surface area (Å²) < 4.78 is 0. The quantitative estimate of drug-likeness (QED) is 0.428. The standard InChI is InChI=1S/C30H55N/c1-20(2)9-8-10-22(5)26-13-14-27-25-12-11-23-19-24(31-21(3)4)15-17-29(23,6)28(25)16-18-30(26,27)7/h20-28,31H,8-19H2,1-7H3. The summed E-state index contributed by atoms with van der Waals surface area (Å²) in [7, 11) is 0. The Bertz CT molecular complexity index is 595. The van der Waals surface area contributed by atoms with Crippen LogP contribution in [0.25, 0.3) is 0 Å². The first-order valence-corrected chi connectivity index (χ1v) is 14.4. The second kappa shape index (κ2) is 9.31. The maximum absolute atomic E-state index is 3.89. The van der Waals surface area contributed by atoms with E-state index in [2.05, 4.69) is 53.8 Å². The summed E-state index contributed by atoms with van der Waals surface area (Å²) in [6.45, 7) is 17.5. The highest BCUT2D eigenvalue weighted by molar-refractivity contribution is 5.10. The zero-order chi connectivity index (χ0) is 22.4. The predicted octanol–water partition coefficient (Wildman–Crippen LogP) is 8.47. The molecule has 1 heteroatoms. The average Bonchev–Trinajstić information content (AvgIpc) is 3.05. The van der Waals surface area contributed by atoms with Gasteiger partial charge in [-0.3, -0.25) is 0 Å². The molecule has 0 saturated heterocycles. The van der Waals surface area contributed by atoms with Crippen LogP contribution < -0.4 is 5.32 Å². The Balaban J connectivity index is 1.43. The van der Waals surface area contributed by atoms with Gasteiger partial charge in [0.15, 0.2) is 0 Å². The van der Waals surface area contributed by atoms with Crippen LogP contribution in [0.5, 0.6) is 0 Å². The minimum absolute atomic E-state index is 0.638. The van der Waals surface area contributed by atoms with E-state index in [0.29, 0.717) is 16.9 Å². The molecule has 31 heavy (non-hydrogen) atoms. The van der Waals surface area contributed by atoms with Gasteiger partial charge in [0.1, 0.15) is 0 Å². The zero-order valence-electron chi connectivity index (χ0n) is 22.2. The summed E-state index contributed by atoms with van der Waals surface area (Å²) in [5, 5.41) is 3.89. The third-order valence-corrected chi connectivity index (χ3v) is 11.4. The first-order valence-electron chi connectivity index (χ1n) is 14.4. The van der Waals surface area contributed by atoms with Gasteiger partial charge >= 0.3 is 0 Å². The lowest BCUT2D eigenvalue weighted by molar-refractivity contribution is -0.118. The molecule has 9 unspecified atom stereocenters. The van der Waals surface area contributed by atoms with Crippen molar-refractivity contribution in [2.75, 3.05) is 0 Å². The fourth-order valence-electron chi connectivity index (χ4n) is 9.91. The molecule has 0 radical (unpaired) electrons.